The van der Waals surface area contributed by atoms with Crippen LogP contribution in [0.25, 0.3) is 16.6 Å². The van der Waals surface area contributed by atoms with E-state index in [1.165, 1.54) is 24.1 Å². The monoisotopic (exact) mass is 400 g/mol. The zero-order chi connectivity index (χ0) is 19.6. The maximum absolute atomic E-state index is 12.8. The van der Waals surface area contributed by atoms with Gasteiger partial charge >= 0.3 is 6.18 Å². The summed E-state index contributed by atoms with van der Waals surface area (Å²) < 4.78 is 43.4. The van der Waals surface area contributed by atoms with Gasteiger partial charge in [-0.3, -0.25) is 9.71 Å². The molecule has 0 bridgehead atoms. The lowest BCUT2D eigenvalue weighted by Gasteiger charge is -2.08. The van der Waals surface area contributed by atoms with E-state index in [0.717, 1.165) is 33.6 Å². The molecule has 0 saturated heterocycles. The molecule has 2 aromatic heterocycles. The minimum Gasteiger partial charge on any atom is -0.264 e. The zero-order valence-electron chi connectivity index (χ0n) is 14.5. The molecule has 0 fully saturated rings. The van der Waals surface area contributed by atoms with E-state index in [1.54, 1.807) is 17.1 Å². The van der Waals surface area contributed by atoms with Gasteiger partial charge in [0.1, 0.15) is 0 Å². The van der Waals surface area contributed by atoms with Crippen LogP contribution >= 0.6 is 11.9 Å². The van der Waals surface area contributed by atoms with Gasteiger partial charge in [-0.1, -0.05) is 18.2 Å². The van der Waals surface area contributed by atoms with Gasteiger partial charge in [-0.25, -0.2) is 4.68 Å². The molecule has 8 heteroatoms. The number of benzene rings is 2. The number of fused-ring (bicyclic) bond motifs is 1. The van der Waals surface area contributed by atoms with E-state index in [1.807, 2.05) is 36.4 Å². The molecule has 0 unspecified atom stereocenters. The van der Waals surface area contributed by atoms with Crippen LogP contribution < -0.4 is 4.72 Å². The fourth-order valence-electron chi connectivity index (χ4n) is 2.85. The largest absolute Gasteiger partial charge is 0.416 e. The molecule has 4 rings (SSSR count). The SMILES string of the molecule is FC(F)(F)c1ccc(-n2nc(CNSc3cccnc3)c3ccccc32)cc1. The van der Waals surface area contributed by atoms with Gasteiger partial charge < -0.3 is 0 Å². The average Bonchev–Trinajstić information content (AvgIpc) is 3.07. The van der Waals surface area contributed by atoms with Crippen molar-refractivity contribution >= 4 is 22.9 Å². The lowest BCUT2D eigenvalue weighted by Crippen LogP contribution is -2.06. The molecule has 0 aliphatic heterocycles. The minimum atomic E-state index is -4.36. The first-order valence-corrected chi connectivity index (χ1v) is 9.28. The summed E-state index contributed by atoms with van der Waals surface area (Å²) in [5, 5.41) is 5.57. The number of hydrogen-bond donors (Lipinski definition) is 1. The summed E-state index contributed by atoms with van der Waals surface area (Å²) in [6.07, 6.45) is -0.886. The molecule has 142 valence electrons. The van der Waals surface area contributed by atoms with Crippen LogP contribution in [0, 0.1) is 0 Å². The smallest absolute Gasteiger partial charge is 0.264 e. The van der Waals surface area contributed by atoms with E-state index >= 15 is 0 Å². The number of alkyl halides is 3. The Hall–Kier alpha value is -2.84. The van der Waals surface area contributed by atoms with Crippen LogP contribution in [0.1, 0.15) is 11.3 Å². The third kappa shape index (κ3) is 3.88. The van der Waals surface area contributed by atoms with Crippen LogP contribution in [-0.2, 0) is 12.7 Å². The molecule has 0 amide bonds. The van der Waals surface area contributed by atoms with Gasteiger partial charge in [0.2, 0.25) is 0 Å². The van der Waals surface area contributed by atoms with Crippen molar-refractivity contribution in [2.24, 2.45) is 0 Å². The molecule has 2 heterocycles. The van der Waals surface area contributed by atoms with E-state index in [-0.39, 0.29) is 0 Å². The molecule has 0 saturated carbocycles. The third-order valence-corrected chi connectivity index (χ3v) is 4.93. The van der Waals surface area contributed by atoms with E-state index < -0.39 is 11.7 Å². The Morgan fingerprint density at radius 2 is 1.75 bits per heavy atom. The highest BCUT2D eigenvalue weighted by Gasteiger charge is 2.30. The fourth-order valence-corrected chi connectivity index (χ4v) is 3.48. The summed E-state index contributed by atoms with van der Waals surface area (Å²) in [7, 11) is 0. The Morgan fingerprint density at radius 3 is 2.46 bits per heavy atom. The predicted molar refractivity (Wildman–Crippen MR) is 103 cm³/mol. The van der Waals surface area contributed by atoms with Crippen molar-refractivity contribution in [3.63, 3.8) is 0 Å². The molecular formula is C20H15F3N4S. The van der Waals surface area contributed by atoms with Crippen LogP contribution in [0.3, 0.4) is 0 Å². The molecule has 28 heavy (non-hydrogen) atoms. The van der Waals surface area contributed by atoms with Crippen LogP contribution in [-0.4, -0.2) is 14.8 Å². The normalized spacial score (nSPS) is 11.8. The second kappa shape index (κ2) is 7.65. The van der Waals surface area contributed by atoms with E-state index in [4.69, 9.17) is 0 Å². The number of halogens is 3. The van der Waals surface area contributed by atoms with E-state index in [9.17, 15) is 13.2 Å². The van der Waals surface area contributed by atoms with Gasteiger partial charge in [-0.2, -0.15) is 18.3 Å². The molecule has 0 radical (unpaired) electrons. The highest BCUT2D eigenvalue weighted by molar-refractivity contribution is 7.97. The third-order valence-electron chi connectivity index (χ3n) is 4.17. The van der Waals surface area contributed by atoms with E-state index in [2.05, 4.69) is 14.8 Å². The van der Waals surface area contributed by atoms with Crippen LogP contribution in [0.2, 0.25) is 0 Å². The topological polar surface area (TPSA) is 42.7 Å². The Kier molecular flexibility index (Phi) is 5.06. The van der Waals surface area contributed by atoms with E-state index in [0.29, 0.717) is 12.2 Å². The lowest BCUT2D eigenvalue weighted by molar-refractivity contribution is -0.137. The van der Waals surface area contributed by atoms with Gasteiger partial charge in [0.05, 0.1) is 29.0 Å². The van der Waals surface area contributed by atoms with Crippen molar-refractivity contribution in [2.45, 2.75) is 17.6 Å². The number of nitrogens with zero attached hydrogens (tertiary/aromatic N) is 3. The molecule has 0 atom stereocenters. The summed E-state index contributed by atoms with van der Waals surface area (Å²) in [6.45, 7) is 0.494. The van der Waals surface area contributed by atoms with Crippen molar-refractivity contribution in [1.29, 1.82) is 0 Å². The van der Waals surface area contributed by atoms with Crippen molar-refractivity contribution in [2.75, 3.05) is 0 Å². The maximum atomic E-state index is 12.8. The molecule has 1 N–H and O–H groups in total. The molecule has 0 aliphatic carbocycles. The molecule has 4 aromatic rings. The predicted octanol–water partition coefficient (Wildman–Crippen LogP) is 5.24. The quantitative estimate of drug-likeness (QED) is 0.466. The first kappa shape index (κ1) is 18.5. The molecule has 0 aliphatic rings. The van der Waals surface area contributed by atoms with Crippen LogP contribution in [0.5, 0.6) is 0 Å². The number of rotatable bonds is 5. The van der Waals surface area contributed by atoms with Crippen molar-refractivity contribution in [3.8, 4) is 5.69 Å². The second-order valence-corrected chi connectivity index (χ2v) is 7.00. The summed E-state index contributed by atoms with van der Waals surface area (Å²) in [5.74, 6) is 0. The Labute approximate surface area is 163 Å². The maximum Gasteiger partial charge on any atom is 0.416 e. The first-order valence-electron chi connectivity index (χ1n) is 8.46. The zero-order valence-corrected chi connectivity index (χ0v) is 15.3. The Morgan fingerprint density at radius 1 is 0.964 bits per heavy atom. The van der Waals surface area contributed by atoms with Gasteiger partial charge in [0.15, 0.2) is 0 Å². The molecular weight excluding hydrogens is 385 g/mol. The highest BCUT2D eigenvalue weighted by Crippen LogP contribution is 2.30. The summed E-state index contributed by atoms with van der Waals surface area (Å²) in [5.41, 5.74) is 1.55. The number of hydrogen-bond acceptors (Lipinski definition) is 4. The summed E-state index contributed by atoms with van der Waals surface area (Å²) in [6, 6.07) is 16.5. The number of aromatic nitrogens is 3. The van der Waals surface area contributed by atoms with Gasteiger partial charge in [0, 0.05) is 22.7 Å². The van der Waals surface area contributed by atoms with Crippen molar-refractivity contribution in [3.05, 3.63) is 84.3 Å². The average molecular weight is 400 g/mol. The first-order chi connectivity index (χ1) is 13.5. The van der Waals surface area contributed by atoms with Gasteiger partial charge in [-0.15, -0.1) is 0 Å². The van der Waals surface area contributed by atoms with Crippen molar-refractivity contribution in [1.82, 2.24) is 19.5 Å². The number of pyridine rings is 1. The highest BCUT2D eigenvalue weighted by atomic mass is 32.2. The number of para-hydroxylation sites is 1. The Bertz CT molecular complexity index is 1080. The van der Waals surface area contributed by atoms with Gasteiger partial charge in [0.25, 0.3) is 0 Å². The molecule has 0 spiro atoms. The van der Waals surface area contributed by atoms with Crippen LogP contribution in [0.4, 0.5) is 13.2 Å². The lowest BCUT2D eigenvalue weighted by atomic mass is 10.2. The molecule has 4 nitrogen and oxygen atoms in total. The van der Waals surface area contributed by atoms with Gasteiger partial charge in [-0.05, 0) is 54.4 Å². The second-order valence-electron chi connectivity index (χ2n) is 6.03. The minimum absolute atomic E-state index is 0.494. The fraction of sp³-hybridized carbons (Fsp3) is 0.100. The standard InChI is InChI=1S/C20H15F3N4S/c21-20(22,23)14-7-9-15(10-8-14)27-19-6-2-1-5-17(19)18(26-27)13-25-28-16-4-3-11-24-12-16/h1-12,25H,13H2. The number of nitrogens with one attached hydrogen (secondary N) is 1. The summed E-state index contributed by atoms with van der Waals surface area (Å²) in [4.78, 5) is 5.05. The molecule has 2 aromatic carbocycles. The van der Waals surface area contributed by atoms with Crippen molar-refractivity contribution < 1.29 is 13.2 Å². The Balaban J connectivity index is 1.61. The summed E-state index contributed by atoms with van der Waals surface area (Å²) >= 11 is 1.45. The van der Waals surface area contributed by atoms with Crippen LogP contribution in [0.15, 0.2) is 78.0 Å².